The second kappa shape index (κ2) is 8.57. The average molecular weight is 402 g/mol. The van der Waals surface area contributed by atoms with Crippen LogP contribution in [0.15, 0.2) is 66.7 Å². The second-order valence-corrected chi connectivity index (χ2v) is 8.02. The van der Waals surface area contributed by atoms with Gasteiger partial charge in [-0.1, -0.05) is 36.4 Å². The lowest BCUT2D eigenvalue weighted by atomic mass is 9.96. The Morgan fingerprint density at radius 1 is 0.833 bits per heavy atom. The summed E-state index contributed by atoms with van der Waals surface area (Å²) < 4.78 is 0. The highest BCUT2D eigenvalue weighted by molar-refractivity contribution is 6.06. The van der Waals surface area contributed by atoms with E-state index in [4.69, 9.17) is 0 Å². The average Bonchev–Trinajstić information content (AvgIpc) is 2.74. The topological polar surface area (TPSA) is 61.4 Å². The van der Waals surface area contributed by atoms with E-state index in [2.05, 4.69) is 24.5 Å². The zero-order valence-corrected chi connectivity index (χ0v) is 17.4. The van der Waals surface area contributed by atoms with Gasteiger partial charge < -0.3 is 15.5 Å². The van der Waals surface area contributed by atoms with E-state index in [1.165, 1.54) is 6.42 Å². The molecule has 3 aromatic carbocycles. The molecule has 3 aromatic rings. The smallest absolute Gasteiger partial charge is 0.323 e. The number of nitrogens with one attached hydrogen (secondary N) is 2. The molecular formula is C25H27N3O2. The number of anilines is 2. The van der Waals surface area contributed by atoms with E-state index in [1.54, 1.807) is 24.3 Å². The third kappa shape index (κ3) is 4.15. The molecule has 0 bridgehead atoms. The van der Waals surface area contributed by atoms with Crippen LogP contribution in [-0.4, -0.2) is 28.9 Å². The maximum absolute atomic E-state index is 12.9. The summed E-state index contributed by atoms with van der Waals surface area (Å²) in [5, 5.41) is 7.81. The number of piperidine rings is 1. The number of carbonyl (C=O) groups is 2. The summed E-state index contributed by atoms with van der Waals surface area (Å²) in [4.78, 5) is 27.4. The van der Waals surface area contributed by atoms with Gasteiger partial charge in [-0.15, -0.1) is 0 Å². The van der Waals surface area contributed by atoms with Gasteiger partial charge in [0.15, 0.2) is 0 Å². The van der Waals surface area contributed by atoms with Gasteiger partial charge >= 0.3 is 6.03 Å². The Labute approximate surface area is 177 Å². The molecule has 0 radical (unpaired) electrons. The van der Waals surface area contributed by atoms with Crippen molar-refractivity contribution in [2.75, 3.05) is 10.6 Å². The molecule has 1 heterocycles. The zero-order valence-electron chi connectivity index (χ0n) is 17.4. The minimum atomic E-state index is -0.316. The van der Waals surface area contributed by atoms with Gasteiger partial charge in [-0.05, 0) is 68.8 Å². The fourth-order valence-electron chi connectivity index (χ4n) is 4.29. The summed E-state index contributed by atoms with van der Waals surface area (Å²) in [5.41, 5.74) is 2.05. The molecule has 1 fully saturated rings. The lowest BCUT2D eigenvalue weighted by molar-refractivity contribution is 0.0511. The molecule has 1 saturated heterocycles. The van der Waals surface area contributed by atoms with Crippen molar-refractivity contribution in [3.8, 4) is 0 Å². The van der Waals surface area contributed by atoms with E-state index in [1.807, 2.05) is 47.4 Å². The van der Waals surface area contributed by atoms with Crippen LogP contribution in [0.2, 0.25) is 0 Å². The Bertz CT molecular complexity index is 1050. The molecule has 3 amide bonds. The largest absolute Gasteiger partial charge is 0.333 e. The number of urea groups is 1. The lowest BCUT2D eigenvalue weighted by Crippen LogP contribution is -2.47. The summed E-state index contributed by atoms with van der Waals surface area (Å²) in [6, 6.07) is 21.0. The van der Waals surface area contributed by atoms with Crippen LogP contribution in [0.25, 0.3) is 10.8 Å². The minimum Gasteiger partial charge on any atom is -0.333 e. The normalized spacial score (nSPS) is 18.8. The van der Waals surface area contributed by atoms with Crippen LogP contribution < -0.4 is 10.6 Å². The van der Waals surface area contributed by atoms with Gasteiger partial charge in [-0.25, -0.2) is 4.79 Å². The van der Waals surface area contributed by atoms with Gasteiger partial charge in [0.1, 0.15) is 0 Å². The maximum Gasteiger partial charge on any atom is 0.323 e. The van der Waals surface area contributed by atoms with Crippen LogP contribution >= 0.6 is 0 Å². The number of amides is 3. The van der Waals surface area contributed by atoms with E-state index >= 15 is 0 Å². The third-order valence-electron chi connectivity index (χ3n) is 5.86. The molecule has 5 nitrogen and oxygen atoms in total. The molecule has 0 spiro atoms. The van der Waals surface area contributed by atoms with Crippen molar-refractivity contribution in [2.24, 2.45) is 0 Å². The Hall–Kier alpha value is -3.34. The summed E-state index contributed by atoms with van der Waals surface area (Å²) in [7, 11) is 0. The molecule has 1 aliphatic heterocycles. The minimum absolute atomic E-state index is 0.0569. The quantitative estimate of drug-likeness (QED) is 0.575. The highest BCUT2D eigenvalue weighted by Crippen LogP contribution is 2.26. The van der Waals surface area contributed by atoms with Gasteiger partial charge in [-0.2, -0.15) is 0 Å². The Kier molecular flexibility index (Phi) is 5.70. The first-order valence-corrected chi connectivity index (χ1v) is 10.5. The van der Waals surface area contributed by atoms with Crippen LogP contribution in [0.5, 0.6) is 0 Å². The number of rotatable bonds is 3. The number of fused-ring (bicyclic) bond motifs is 1. The summed E-state index contributed by atoms with van der Waals surface area (Å²) in [5.74, 6) is 0.0569. The van der Waals surface area contributed by atoms with Gasteiger partial charge in [-0.3, -0.25) is 4.79 Å². The van der Waals surface area contributed by atoms with Crippen molar-refractivity contribution in [1.29, 1.82) is 0 Å². The van der Waals surface area contributed by atoms with Crippen LogP contribution in [0.1, 0.15) is 43.5 Å². The zero-order chi connectivity index (χ0) is 21.1. The summed E-state index contributed by atoms with van der Waals surface area (Å²) in [6.07, 6.45) is 3.26. The van der Waals surface area contributed by atoms with Crippen molar-refractivity contribution < 1.29 is 9.59 Å². The first-order valence-electron chi connectivity index (χ1n) is 10.5. The number of likely N-dealkylation sites (tertiary alicyclic amines) is 1. The number of benzene rings is 3. The van der Waals surface area contributed by atoms with Crippen molar-refractivity contribution in [2.45, 2.75) is 45.2 Å². The van der Waals surface area contributed by atoms with E-state index < -0.39 is 0 Å². The highest BCUT2D eigenvalue weighted by atomic mass is 16.2. The number of nitrogens with zero attached hydrogens (tertiary/aromatic N) is 1. The third-order valence-corrected chi connectivity index (χ3v) is 5.86. The van der Waals surface area contributed by atoms with Gasteiger partial charge in [0, 0.05) is 28.7 Å². The Morgan fingerprint density at radius 3 is 2.23 bits per heavy atom. The van der Waals surface area contributed by atoms with Crippen LogP contribution in [0.4, 0.5) is 16.2 Å². The second-order valence-electron chi connectivity index (χ2n) is 8.02. The molecule has 2 N–H and O–H groups in total. The van der Waals surface area contributed by atoms with Gasteiger partial charge in [0.2, 0.25) is 0 Å². The number of hydrogen-bond acceptors (Lipinski definition) is 2. The standard InChI is InChI=1S/C25H27N3O2/c1-17-7-5-8-18(2)28(17)24(29)20-13-15-21(16-14-20)26-25(30)27-23-12-6-10-19-9-3-4-11-22(19)23/h3-4,6,9-18H,5,7-8H2,1-2H3,(H2,26,27,30). The summed E-state index contributed by atoms with van der Waals surface area (Å²) >= 11 is 0. The molecule has 2 atom stereocenters. The first-order chi connectivity index (χ1) is 14.5. The number of carbonyl (C=O) groups excluding carboxylic acids is 2. The molecule has 1 aliphatic rings. The molecule has 0 aromatic heterocycles. The first kappa shape index (κ1) is 20.0. The van der Waals surface area contributed by atoms with Gasteiger partial charge in [0.05, 0.1) is 5.69 Å². The molecule has 30 heavy (non-hydrogen) atoms. The van der Waals surface area contributed by atoms with Crippen molar-refractivity contribution >= 4 is 34.1 Å². The predicted molar refractivity (Wildman–Crippen MR) is 122 cm³/mol. The number of hydrogen-bond donors (Lipinski definition) is 2. The molecule has 5 heteroatoms. The highest BCUT2D eigenvalue weighted by Gasteiger charge is 2.29. The Morgan fingerprint density at radius 2 is 1.50 bits per heavy atom. The summed E-state index contributed by atoms with van der Waals surface area (Å²) in [6.45, 7) is 4.22. The molecule has 2 unspecified atom stereocenters. The van der Waals surface area contributed by atoms with Crippen molar-refractivity contribution in [3.05, 3.63) is 72.3 Å². The van der Waals surface area contributed by atoms with Crippen molar-refractivity contribution in [3.63, 3.8) is 0 Å². The monoisotopic (exact) mass is 401 g/mol. The molecular weight excluding hydrogens is 374 g/mol. The maximum atomic E-state index is 12.9. The van der Waals surface area contributed by atoms with Gasteiger partial charge in [0.25, 0.3) is 5.91 Å². The van der Waals surface area contributed by atoms with Crippen molar-refractivity contribution in [1.82, 2.24) is 4.90 Å². The fourth-order valence-corrected chi connectivity index (χ4v) is 4.29. The molecule has 4 rings (SSSR count). The van der Waals surface area contributed by atoms with E-state index in [0.29, 0.717) is 11.3 Å². The molecule has 0 saturated carbocycles. The molecule has 0 aliphatic carbocycles. The molecule has 154 valence electrons. The van der Waals surface area contributed by atoms with E-state index in [-0.39, 0.29) is 24.0 Å². The lowest BCUT2D eigenvalue weighted by Gasteiger charge is -2.39. The SMILES string of the molecule is CC1CCCC(C)N1C(=O)c1ccc(NC(=O)Nc2cccc3ccccc23)cc1. The predicted octanol–water partition coefficient (Wildman–Crippen LogP) is 5.89. The van der Waals surface area contributed by atoms with E-state index in [9.17, 15) is 9.59 Å². The Balaban J connectivity index is 1.43. The van der Waals surface area contributed by atoms with E-state index in [0.717, 1.165) is 29.3 Å². The van der Waals surface area contributed by atoms with Crippen LogP contribution in [0.3, 0.4) is 0 Å². The van der Waals surface area contributed by atoms with Crippen LogP contribution in [0, 0.1) is 0 Å². The van der Waals surface area contributed by atoms with Crippen LogP contribution in [-0.2, 0) is 0 Å². The fraction of sp³-hybridized carbons (Fsp3) is 0.280.